The number of ether oxygens (including phenoxy) is 2. The molecule has 0 atom stereocenters. The SMILES string of the molecule is COc1ccc(-c2nc(SCC(=O)Nc3ccc(N4CCOCC4)c(Cl)c3)n[nH]2)cc1. The van der Waals surface area contributed by atoms with Gasteiger partial charge in [0, 0.05) is 24.3 Å². The number of carbonyl (C=O) groups excluding carboxylic acids is 1. The number of aromatic amines is 1. The van der Waals surface area contributed by atoms with Crippen LogP contribution >= 0.6 is 23.4 Å². The van der Waals surface area contributed by atoms with Crippen LogP contribution in [0.4, 0.5) is 11.4 Å². The molecule has 2 heterocycles. The van der Waals surface area contributed by atoms with E-state index in [9.17, 15) is 4.79 Å². The number of anilines is 2. The number of thioether (sulfide) groups is 1. The number of amides is 1. The van der Waals surface area contributed by atoms with Crippen LogP contribution < -0.4 is 15.0 Å². The second-order valence-electron chi connectivity index (χ2n) is 6.80. The monoisotopic (exact) mass is 459 g/mol. The molecule has 162 valence electrons. The van der Waals surface area contributed by atoms with E-state index in [2.05, 4.69) is 25.4 Å². The standard InChI is InChI=1S/C21H22ClN5O3S/c1-29-16-5-2-14(3-6-16)20-24-21(26-25-20)31-13-19(28)23-15-4-7-18(17(22)12-15)27-8-10-30-11-9-27/h2-7,12H,8-11,13H2,1H3,(H,23,28)(H,24,25,26). The van der Waals surface area contributed by atoms with Gasteiger partial charge >= 0.3 is 0 Å². The second kappa shape index (κ2) is 10.0. The van der Waals surface area contributed by atoms with Gasteiger partial charge in [0.15, 0.2) is 5.82 Å². The Morgan fingerprint density at radius 3 is 2.74 bits per heavy atom. The van der Waals surface area contributed by atoms with Gasteiger partial charge in [-0.15, -0.1) is 5.10 Å². The minimum Gasteiger partial charge on any atom is -0.497 e. The molecule has 1 amide bonds. The van der Waals surface area contributed by atoms with E-state index in [1.54, 1.807) is 13.2 Å². The number of rotatable bonds is 7. The van der Waals surface area contributed by atoms with Crippen molar-refractivity contribution >= 4 is 40.6 Å². The van der Waals surface area contributed by atoms with Gasteiger partial charge in [0.25, 0.3) is 0 Å². The number of aromatic nitrogens is 3. The summed E-state index contributed by atoms with van der Waals surface area (Å²) < 4.78 is 10.5. The van der Waals surface area contributed by atoms with Crippen molar-refractivity contribution in [3.05, 3.63) is 47.5 Å². The lowest BCUT2D eigenvalue weighted by molar-refractivity contribution is -0.113. The van der Waals surface area contributed by atoms with Crippen LogP contribution in [0.2, 0.25) is 5.02 Å². The van der Waals surface area contributed by atoms with Gasteiger partial charge in [-0.25, -0.2) is 4.98 Å². The van der Waals surface area contributed by atoms with Crippen molar-refractivity contribution in [1.82, 2.24) is 15.2 Å². The van der Waals surface area contributed by atoms with E-state index in [4.69, 9.17) is 21.1 Å². The summed E-state index contributed by atoms with van der Waals surface area (Å²) in [6.45, 7) is 2.98. The van der Waals surface area contributed by atoms with Crippen LogP contribution in [0, 0.1) is 0 Å². The maximum absolute atomic E-state index is 12.3. The van der Waals surface area contributed by atoms with Crippen molar-refractivity contribution in [2.45, 2.75) is 5.16 Å². The highest BCUT2D eigenvalue weighted by Crippen LogP contribution is 2.29. The molecule has 2 N–H and O–H groups in total. The minimum atomic E-state index is -0.156. The second-order valence-corrected chi connectivity index (χ2v) is 8.15. The number of nitrogens with one attached hydrogen (secondary N) is 2. The number of H-pyrrole nitrogens is 1. The predicted octanol–water partition coefficient (Wildman–Crippen LogP) is 3.70. The molecule has 31 heavy (non-hydrogen) atoms. The molecule has 1 aliphatic heterocycles. The Bertz CT molecular complexity index is 1040. The van der Waals surface area contributed by atoms with Crippen molar-refractivity contribution in [2.75, 3.05) is 49.4 Å². The normalized spacial score (nSPS) is 13.8. The van der Waals surface area contributed by atoms with Crippen LogP contribution in [0.3, 0.4) is 0 Å². The number of hydrogen-bond acceptors (Lipinski definition) is 7. The van der Waals surface area contributed by atoms with Crippen LogP contribution in [0.25, 0.3) is 11.4 Å². The van der Waals surface area contributed by atoms with E-state index >= 15 is 0 Å². The lowest BCUT2D eigenvalue weighted by Gasteiger charge is -2.29. The first-order valence-corrected chi connectivity index (χ1v) is 11.1. The smallest absolute Gasteiger partial charge is 0.234 e. The Labute approximate surface area is 189 Å². The number of morpholine rings is 1. The Morgan fingerprint density at radius 1 is 1.26 bits per heavy atom. The molecular formula is C21H22ClN5O3S. The summed E-state index contributed by atoms with van der Waals surface area (Å²) in [6, 6.07) is 13.0. The topological polar surface area (TPSA) is 92.4 Å². The van der Waals surface area contributed by atoms with Crippen molar-refractivity contribution in [3.63, 3.8) is 0 Å². The largest absolute Gasteiger partial charge is 0.497 e. The Morgan fingerprint density at radius 2 is 2.03 bits per heavy atom. The molecular weight excluding hydrogens is 438 g/mol. The molecule has 1 aromatic heterocycles. The first-order chi connectivity index (χ1) is 15.1. The van der Waals surface area contributed by atoms with Gasteiger partial charge in [-0.1, -0.05) is 23.4 Å². The highest BCUT2D eigenvalue weighted by molar-refractivity contribution is 7.99. The quantitative estimate of drug-likeness (QED) is 0.520. The predicted molar refractivity (Wildman–Crippen MR) is 122 cm³/mol. The fraction of sp³-hybridized carbons (Fsp3) is 0.286. The third kappa shape index (κ3) is 5.49. The average Bonchev–Trinajstić information content (AvgIpc) is 3.28. The lowest BCUT2D eigenvalue weighted by atomic mass is 10.2. The van der Waals surface area contributed by atoms with E-state index in [0.29, 0.717) is 34.9 Å². The minimum absolute atomic E-state index is 0.156. The van der Waals surface area contributed by atoms with Crippen LogP contribution in [0.5, 0.6) is 5.75 Å². The summed E-state index contributed by atoms with van der Waals surface area (Å²) in [5, 5.41) is 11.0. The van der Waals surface area contributed by atoms with Crippen LogP contribution in [0.15, 0.2) is 47.6 Å². The van der Waals surface area contributed by atoms with E-state index in [0.717, 1.165) is 30.1 Å². The van der Waals surface area contributed by atoms with Gasteiger partial charge in [0.05, 0.1) is 36.8 Å². The highest BCUT2D eigenvalue weighted by atomic mass is 35.5. The number of benzene rings is 2. The first kappa shape index (κ1) is 21.5. The summed E-state index contributed by atoms with van der Waals surface area (Å²) in [5.74, 6) is 1.43. The van der Waals surface area contributed by atoms with E-state index in [-0.39, 0.29) is 11.7 Å². The van der Waals surface area contributed by atoms with Crippen LogP contribution in [-0.4, -0.2) is 60.3 Å². The molecule has 0 spiro atoms. The van der Waals surface area contributed by atoms with E-state index in [1.807, 2.05) is 36.4 Å². The van der Waals surface area contributed by atoms with Gasteiger partial charge in [-0.05, 0) is 42.5 Å². The molecule has 0 saturated carbocycles. The summed E-state index contributed by atoms with van der Waals surface area (Å²) in [7, 11) is 1.62. The zero-order valence-corrected chi connectivity index (χ0v) is 18.5. The van der Waals surface area contributed by atoms with Crippen molar-refractivity contribution in [2.24, 2.45) is 0 Å². The van der Waals surface area contributed by atoms with E-state index in [1.165, 1.54) is 11.8 Å². The summed E-state index contributed by atoms with van der Waals surface area (Å²) in [6.07, 6.45) is 0. The average molecular weight is 460 g/mol. The van der Waals surface area contributed by atoms with Gasteiger partial charge in [0.2, 0.25) is 11.1 Å². The molecule has 0 aliphatic carbocycles. The van der Waals surface area contributed by atoms with Crippen LogP contribution in [-0.2, 0) is 9.53 Å². The molecule has 1 fully saturated rings. The Balaban J connectivity index is 1.31. The highest BCUT2D eigenvalue weighted by Gasteiger charge is 2.15. The molecule has 3 aromatic rings. The molecule has 2 aromatic carbocycles. The first-order valence-electron chi connectivity index (χ1n) is 9.74. The van der Waals surface area contributed by atoms with Crippen molar-refractivity contribution in [3.8, 4) is 17.1 Å². The maximum Gasteiger partial charge on any atom is 0.234 e. The third-order valence-electron chi connectivity index (χ3n) is 4.74. The molecule has 4 rings (SSSR count). The van der Waals surface area contributed by atoms with E-state index < -0.39 is 0 Å². The Hall–Kier alpha value is -2.75. The fourth-order valence-electron chi connectivity index (χ4n) is 3.16. The molecule has 1 saturated heterocycles. The molecule has 0 bridgehead atoms. The number of halogens is 1. The molecule has 0 radical (unpaired) electrons. The van der Waals surface area contributed by atoms with Gasteiger partial charge in [-0.3, -0.25) is 9.89 Å². The van der Waals surface area contributed by atoms with Gasteiger partial charge < -0.3 is 19.7 Å². The number of hydrogen-bond donors (Lipinski definition) is 2. The molecule has 10 heteroatoms. The Kier molecular flexibility index (Phi) is 6.96. The molecule has 0 unspecified atom stereocenters. The molecule has 1 aliphatic rings. The lowest BCUT2D eigenvalue weighted by Crippen LogP contribution is -2.36. The summed E-state index contributed by atoms with van der Waals surface area (Å²) in [5.41, 5.74) is 2.49. The summed E-state index contributed by atoms with van der Waals surface area (Å²) in [4.78, 5) is 19.0. The summed E-state index contributed by atoms with van der Waals surface area (Å²) >= 11 is 7.68. The van der Waals surface area contributed by atoms with Gasteiger partial charge in [0.1, 0.15) is 5.75 Å². The number of methoxy groups -OCH3 is 1. The zero-order valence-electron chi connectivity index (χ0n) is 16.9. The van der Waals surface area contributed by atoms with Crippen molar-refractivity contribution in [1.29, 1.82) is 0 Å². The third-order valence-corrected chi connectivity index (χ3v) is 5.89. The number of nitrogens with zero attached hydrogens (tertiary/aromatic N) is 3. The molecule has 8 nitrogen and oxygen atoms in total. The fourth-order valence-corrected chi connectivity index (χ4v) is 4.06. The zero-order chi connectivity index (χ0) is 21.6. The maximum atomic E-state index is 12.3. The van der Waals surface area contributed by atoms with Crippen LogP contribution in [0.1, 0.15) is 0 Å². The van der Waals surface area contributed by atoms with Gasteiger partial charge in [-0.2, -0.15) is 0 Å². The number of carbonyl (C=O) groups is 1. The van der Waals surface area contributed by atoms with Crippen molar-refractivity contribution < 1.29 is 14.3 Å².